The molecule has 0 bridgehead atoms. The molecule has 2 fully saturated rings. The summed E-state index contributed by atoms with van der Waals surface area (Å²) >= 11 is 0. The number of esters is 1. The minimum atomic E-state index is -0.474. The molecule has 1 aliphatic carbocycles. The summed E-state index contributed by atoms with van der Waals surface area (Å²) in [6, 6.07) is 0. The van der Waals surface area contributed by atoms with Crippen LogP contribution in [0.3, 0.4) is 0 Å². The quantitative estimate of drug-likeness (QED) is 0.318. The SMILES string of the molecule is C=C(C)[C@@H]1[C@H]2OC(=O)C(=C)[C@@H]2CC[C@@]1(C)C=O. The van der Waals surface area contributed by atoms with Crippen molar-refractivity contribution in [2.75, 3.05) is 0 Å². The number of rotatable bonds is 2. The summed E-state index contributed by atoms with van der Waals surface area (Å²) in [7, 11) is 0. The van der Waals surface area contributed by atoms with E-state index in [1.165, 1.54) is 0 Å². The molecule has 1 saturated carbocycles. The van der Waals surface area contributed by atoms with E-state index in [0.29, 0.717) is 5.57 Å². The Morgan fingerprint density at radius 1 is 1.59 bits per heavy atom. The monoisotopic (exact) mass is 234 g/mol. The van der Waals surface area contributed by atoms with Gasteiger partial charge in [-0.25, -0.2) is 4.79 Å². The summed E-state index contributed by atoms with van der Waals surface area (Å²) in [4.78, 5) is 22.9. The normalized spacial score (nSPS) is 40.7. The highest BCUT2D eigenvalue weighted by Crippen LogP contribution is 2.51. The summed E-state index contributed by atoms with van der Waals surface area (Å²) < 4.78 is 5.39. The van der Waals surface area contributed by atoms with Crippen molar-refractivity contribution in [3.8, 4) is 0 Å². The van der Waals surface area contributed by atoms with E-state index in [1.54, 1.807) is 0 Å². The second-order valence-electron chi connectivity index (χ2n) is 5.49. The fourth-order valence-electron chi connectivity index (χ4n) is 3.24. The molecule has 0 spiro atoms. The maximum Gasteiger partial charge on any atom is 0.334 e. The standard InChI is InChI=1S/C14H18O3/c1-8(2)11-12-10(9(3)13(16)17-12)5-6-14(11,4)7-15/h7,10-12H,1,3,5-6H2,2,4H3/t10-,11+,12-,14-/m0/s1. The molecule has 3 nitrogen and oxygen atoms in total. The van der Waals surface area contributed by atoms with Crippen LogP contribution in [0.15, 0.2) is 24.3 Å². The number of fused-ring (bicyclic) bond motifs is 1. The zero-order chi connectivity index (χ0) is 12.8. The Kier molecular flexibility index (Phi) is 2.72. The van der Waals surface area contributed by atoms with E-state index in [4.69, 9.17) is 4.74 Å². The second-order valence-corrected chi connectivity index (χ2v) is 5.49. The summed E-state index contributed by atoms with van der Waals surface area (Å²) in [5, 5.41) is 0. The number of carbonyl (C=O) groups excluding carboxylic acids is 2. The van der Waals surface area contributed by atoms with Crippen molar-refractivity contribution in [2.24, 2.45) is 17.3 Å². The lowest BCUT2D eigenvalue weighted by molar-refractivity contribution is -0.146. The Morgan fingerprint density at radius 2 is 2.24 bits per heavy atom. The molecule has 0 unspecified atom stereocenters. The lowest BCUT2D eigenvalue weighted by Gasteiger charge is -2.43. The Labute approximate surface area is 102 Å². The Hall–Kier alpha value is -1.38. The van der Waals surface area contributed by atoms with Gasteiger partial charge in [-0.3, -0.25) is 0 Å². The van der Waals surface area contributed by atoms with E-state index in [2.05, 4.69) is 13.2 Å². The number of ether oxygens (including phenoxy) is 1. The van der Waals surface area contributed by atoms with Gasteiger partial charge in [0.15, 0.2) is 0 Å². The van der Waals surface area contributed by atoms with Gasteiger partial charge in [-0.15, -0.1) is 0 Å². The first-order valence-corrected chi connectivity index (χ1v) is 5.92. The molecule has 0 aromatic rings. The van der Waals surface area contributed by atoms with Gasteiger partial charge in [0.2, 0.25) is 0 Å². The maximum atomic E-state index is 11.6. The number of hydrogen-bond donors (Lipinski definition) is 0. The first kappa shape index (κ1) is 12.1. The topological polar surface area (TPSA) is 43.4 Å². The van der Waals surface area contributed by atoms with Crippen LogP contribution in [0.2, 0.25) is 0 Å². The van der Waals surface area contributed by atoms with E-state index < -0.39 is 5.41 Å². The Morgan fingerprint density at radius 3 is 2.76 bits per heavy atom. The van der Waals surface area contributed by atoms with E-state index in [1.807, 2.05) is 13.8 Å². The summed E-state index contributed by atoms with van der Waals surface area (Å²) in [5.41, 5.74) is 0.976. The molecule has 1 heterocycles. The van der Waals surface area contributed by atoms with Gasteiger partial charge in [-0.2, -0.15) is 0 Å². The van der Waals surface area contributed by atoms with E-state index in [9.17, 15) is 9.59 Å². The van der Waals surface area contributed by atoms with E-state index in [0.717, 1.165) is 24.7 Å². The van der Waals surface area contributed by atoms with Crippen molar-refractivity contribution in [3.05, 3.63) is 24.3 Å². The number of aldehydes is 1. The predicted octanol–water partition coefficient (Wildman–Crippen LogP) is 2.28. The van der Waals surface area contributed by atoms with Gasteiger partial charge in [-0.1, -0.05) is 25.7 Å². The fourth-order valence-corrected chi connectivity index (χ4v) is 3.24. The molecule has 0 aromatic carbocycles. The summed E-state index contributed by atoms with van der Waals surface area (Å²) in [6.07, 6.45) is 2.27. The molecule has 1 aliphatic heterocycles. The van der Waals surface area contributed by atoms with E-state index >= 15 is 0 Å². The average Bonchev–Trinajstić information content (AvgIpc) is 2.54. The molecule has 17 heavy (non-hydrogen) atoms. The van der Waals surface area contributed by atoms with Crippen LogP contribution in [0.1, 0.15) is 26.7 Å². The van der Waals surface area contributed by atoms with Gasteiger partial charge in [0.1, 0.15) is 12.4 Å². The summed E-state index contributed by atoms with van der Waals surface area (Å²) in [6.45, 7) is 11.6. The minimum Gasteiger partial charge on any atom is -0.458 e. The van der Waals surface area contributed by atoms with Crippen molar-refractivity contribution < 1.29 is 14.3 Å². The molecule has 0 aromatic heterocycles. The molecule has 92 valence electrons. The van der Waals surface area contributed by atoms with Crippen LogP contribution in [0.25, 0.3) is 0 Å². The minimum absolute atomic E-state index is 0.0530. The van der Waals surface area contributed by atoms with E-state index in [-0.39, 0.29) is 23.9 Å². The zero-order valence-corrected chi connectivity index (χ0v) is 10.4. The second kappa shape index (κ2) is 3.83. The number of hydrogen-bond acceptors (Lipinski definition) is 3. The van der Waals surface area contributed by atoms with Crippen molar-refractivity contribution in [1.82, 2.24) is 0 Å². The van der Waals surface area contributed by atoms with Crippen LogP contribution < -0.4 is 0 Å². The molecular weight excluding hydrogens is 216 g/mol. The molecular formula is C14H18O3. The third kappa shape index (κ3) is 1.65. The van der Waals surface area contributed by atoms with Crippen molar-refractivity contribution in [2.45, 2.75) is 32.8 Å². The lowest BCUT2D eigenvalue weighted by Crippen LogP contribution is -2.45. The average molecular weight is 234 g/mol. The highest BCUT2D eigenvalue weighted by atomic mass is 16.6. The Bertz CT molecular complexity index is 410. The van der Waals surface area contributed by atoms with Gasteiger partial charge in [0.25, 0.3) is 0 Å². The van der Waals surface area contributed by atoms with Crippen LogP contribution in [-0.2, 0) is 14.3 Å². The molecule has 0 N–H and O–H groups in total. The Balaban J connectivity index is 2.40. The van der Waals surface area contributed by atoms with Gasteiger partial charge in [0, 0.05) is 22.8 Å². The van der Waals surface area contributed by atoms with Gasteiger partial charge >= 0.3 is 5.97 Å². The molecule has 2 rings (SSSR count). The number of carbonyl (C=O) groups is 2. The maximum absolute atomic E-state index is 11.6. The molecule has 2 aliphatic rings. The largest absolute Gasteiger partial charge is 0.458 e. The molecule has 3 heteroatoms. The highest BCUT2D eigenvalue weighted by Gasteiger charge is 2.53. The highest BCUT2D eigenvalue weighted by molar-refractivity contribution is 5.91. The van der Waals surface area contributed by atoms with Gasteiger partial charge < -0.3 is 9.53 Å². The third-order valence-corrected chi connectivity index (χ3v) is 4.18. The van der Waals surface area contributed by atoms with Crippen LogP contribution in [0, 0.1) is 17.3 Å². The van der Waals surface area contributed by atoms with Crippen LogP contribution in [0.5, 0.6) is 0 Å². The van der Waals surface area contributed by atoms with Crippen molar-refractivity contribution in [3.63, 3.8) is 0 Å². The van der Waals surface area contributed by atoms with Crippen molar-refractivity contribution >= 4 is 12.3 Å². The zero-order valence-electron chi connectivity index (χ0n) is 10.4. The lowest BCUT2D eigenvalue weighted by atomic mass is 9.61. The summed E-state index contributed by atoms with van der Waals surface area (Å²) in [5.74, 6) is -0.361. The van der Waals surface area contributed by atoms with Crippen LogP contribution >= 0.6 is 0 Å². The van der Waals surface area contributed by atoms with Crippen LogP contribution in [-0.4, -0.2) is 18.4 Å². The van der Waals surface area contributed by atoms with Gasteiger partial charge in [-0.05, 0) is 19.8 Å². The molecule has 0 radical (unpaired) electrons. The third-order valence-electron chi connectivity index (χ3n) is 4.18. The van der Waals surface area contributed by atoms with Gasteiger partial charge in [0.05, 0.1) is 0 Å². The molecule has 1 saturated heterocycles. The molecule has 4 atom stereocenters. The first-order chi connectivity index (χ1) is 7.90. The predicted molar refractivity (Wildman–Crippen MR) is 64.2 cm³/mol. The van der Waals surface area contributed by atoms with Crippen molar-refractivity contribution in [1.29, 1.82) is 0 Å². The molecule has 0 amide bonds. The van der Waals surface area contributed by atoms with Crippen LogP contribution in [0.4, 0.5) is 0 Å². The fraction of sp³-hybridized carbons (Fsp3) is 0.571. The smallest absolute Gasteiger partial charge is 0.334 e. The first-order valence-electron chi connectivity index (χ1n) is 5.92.